The number of hydrogen-bond acceptors (Lipinski definition) is 1. The second-order valence-electron chi connectivity index (χ2n) is 4.42. The van der Waals surface area contributed by atoms with E-state index in [0.29, 0.717) is 6.07 Å². The molecule has 2 aromatic rings. The Bertz CT molecular complexity index is 683. The molecule has 0 fully saturated rings. The van der Waals surface area contributed by atoms with E-state index in [9.17, 15) is 18.0 Å². The third-order valence-electron chi connectivity index (χ3n) is 2.91. The zero-order chi connectivity index (χ0) is 14.9. The van der Waals surface area contributed by atoms with Crippen LogP contribution in [0.4, 0.5) is 13.2 Å². The molecule has 1 nitrogen and oxygen atoms in total. The summed E-state index contributed by atoms with van der Waals surface area (Å²) in [5.41, 5.74) is -0.0338. The molecule has 0 bridgehead atoms. The van der Waals surface area contributed by atoms with Crippen LogP contribution in [-0.4, -0.2) is 5.78 Å². The predicted molar refractivity (Wildman–Crippen MR) is 70.5 cm³/mol. The molecular formula is C15H10ClF3O. The van der Waals surface area contributed by atoms with E-state index in [1.165, 1.54) is 19.1 Å². The topological polar surface area (TPSA) is 17.1 Å². The lowest BCUT2D eigenvalue weighted by atomic mass is 10.0. The Hall–Kier alpha value is -1.81. The molecule has 2 aromatic carbocycles. The normalized spacial score (nSPS) is 10.7. The van der Waals surface area contributed by atoms with E-state index in [0.717, 1.165) is 12.1 Å². The van der Waals surface area contributed by atoms with Crippen LogP contribution in [0.25, 0.3) is 0 Å². The molecule has 0 radical (unpaired) electrons. The number of rotatable bonds is 3. The largest absolute Gasteiger partial charge is 0.294 e. The van der Waals surface area contributed by atoms with Gasteiger partial charge in [0.1, 0.15) is 17.5 Å². The van der Waals surface area contributed by atoms with Crippen molar-refractivity contribution in [2.24, 2.45) is 0 Å². The van der Waals surface area contributed by atoms with Crippen LogP contribution in [-0.2, 0) is 6.42 Å². The van der Waals surface area contributed by atoms with E-state index in [1.54, 1.807) is 0 Å². The maximum Gasteiger partial charge on any atom is 0.170 e. The van der Waals surface area contributed by atoms with Gasteiger partial charge in [0.05, 0.1) is 5.56 Å². The molecule has 0 aliphatic heterocycles. The fraction of sp³-hybridized carbons (Fsp3) is 0.133. The standard InChI is InChI=1S/C15H10ClF3O/c1-8-4-11(14(19)7-13(8)18)15(20)6-9-5-10(16)2-3-12(9)17/h2-5,7H,6H2,1H3. The van der Waals surface area contributed by atoms with Crippen molar-refractivity contribution in [2.75, 3.05) is 0 Å². The molecule has 0 saturated heterocycles. The van der Waals surface area contributed by atoms with Gasteiger partial charge in [-0.1, -0.05) is 11.6 Å². The molecule has 0 aliphatic rings. The maximum absolute atomic E-state index is 13.6. The monoisotopic (exact) mass is 298 g/mol. The van der Waals surface area contributed by atoms with Crippen LogP contribution >= 0.6 is 11.6 Å². The van der Waals surface area contributed by atoms with Crippen LogP contribution in [0.3, 0.4) is 0 Å². The Kier molecular flexibility index (Phi) is 4.14. The molecule has 104 valence electrons. The quantitative estimate of drug-likeness (QED) is 0.763. The van der Waals surface area contributed by atoms with Gasteiger partial charge in [0.15, 0.2) is 5.78 Å². The van der Waals surface area contributed by atoms with Gasteiger partial charge in [-0.2, -0.15) is 0 Å². The van der Waals surface area contributed by atoms with Crippen molar-refractivity contribution < 1.29 is 18.0 Å². The number of carbonyl (C=O) groups excluding carboxylic acids is 1. The highest BCUT2D eigenvalue weighted by molar-refractivity contribution is 6.30. The summed E-state index contributed by atoms with van der Waals surface area (Å²) in [5.74, 6) is -2.91. The van der Waals surface area contributed by atoms with Crippen molar-refractivity contribution in [1.29, 1.82) is 0 Å². The second-order valence-corrected chi connectivity index (χ2v) is 4.85. The highest BCUT2D eigenvalue weighted by Crippen LogP contribution is 2.20. The number of halogens is 4. The van der Waals surface area contributed by atoms with E-state index in [4.69, 9.17) is 11.6 Å². The fourth-order valence-electron chi connectivity index (χ4n) is 1.82. The summed E-state index contributed by atoms with van der Waals surface area (Å²) in [6.07, 6.45) is -0.339. The van der Waals surface area contributed by atoms with Crippen molar-refractivity contribution in [3.05, 3.63) is 69.5 Å². The molecule has 0 spiro atoms. The van der Waals surface area contributed by atoms with E-state index in [1.807, 2.05) is 0 Å². The first-order valence-corrected chi connectivity index (χ1v) is 6.19. The summed E-state index contributed by atoms with van der Waals surface area (Å²) in [4.78, 5) is 12.0. The van der Waals surface area contributed by atoms with Crippen molar-refractivity contribution in [2.45, 2.75) is 13.3 Å². The van der Waals surface area contributed by atoms with Gasteiger partial charge >= 0.3 is 0 Å². The SMILES string of the molecule is Cc1cc(C(=O)Cc2cc(Cl)ccc2F)c(F)cc1F. The molecular weight excluding hydrogens is 289 g/mol. The van der Waals surface area contributed by atoms with Crippen molar-refractivity contribution in [3.8, 4) is 0 Å². The molecule has 5 heteroatoms. The summed E-state index contributed by atoms with van der Waals surface area (Å²) < 4.78 is 40.2. The van der Waals surface area contributed by atoms with Gasteiger partial charge in [-0.3, -0.25) is 4.79 Å². The zero-order valence-corrected chi connectivity index (χ0v) is 11.3. The Morgan fingerprint density at radius 3 is 2.45 bits per heavy atom. The Balaban J connectivity index is 2.33. The molecule has 0 N–H and O–H groups in total. The van der Waals surface area contributed by atoms with Gasteiger partial charge in [-0.05, 0) is 42.3 Å². The van der Waals surface area contributed by atoms with Crippen molar-refractivity contribution >= 4 is 17.4 Å². The van der Waals surface area contributed by atoms with E-state index < -0.39 is 23.2 Å². The molecule has 0 saturated carbocycles. The lowest BCUT2D eigenvalue weighted by Crippen LogP contribution is -2.08. The maximum atomic E-state index is 13.6. The zero-order valence-electron chi connectivity index (χ0n) is 10.5. The molecule has 0 atom stereocenters. The molecule has 0 aliphatic carbocycles. The van der Waals surface area contributed by atoms with Gasteiger partial charge in [-0.25, -0.2) is 13.2 Å². The number of Topliss-reactive ketones (excluding diaryl/α,β-unsaturated/α-hetero) is 1. The molecule has 0 amide bonds. The van der Waals surface area contributed by atoms with Gasteiger partial charge in [0.2, 0.25) is 0 Å². The van der Waals surface area contributed by atoms with Crippen LogP contribution in [0.5, 0.6) is 0 Å². The summed E-state index contributed by atoms with van der Waals surface area (Å²) >= 11 is 5.72. The minimum Gasteiger partial charge on any atom is -0.294 e. The lowest BCUT2D eigenvalue weighted by molar-refractivity contribution is 0.0988. The number of ketones is 1. The highest BCUT2D eigenvalue weighted by Gasteiger charge is 2.16. The fourth-order valence-corrected chi connectivity index (χ4v) is 2.01. The lowest BCUT2D eigenvalue weighted by Gasteiger charge is -2.06. The number of benzene rings is 2. The van der Waals surface area contributed by atoms with Gasteiger partial charge in [-0.15, -0.1) is 0 Å². The molecule has 0 aromatic heterocycles. The Morgan fingerprint density at radius 1 is 1.05 bits per heavy atom. The first-order chi connectivity index (χ1) is 9.38. The van der Waals surface area contributed by atoms with Crippen LogP contribution < -0.4 is 0 Å². The molecule has 20 heavy (non-hydrogen) atoms. The minimum atomic E-state index is -0.958. The smallest absolute Gasteiger partial charge is 0.170 e. The van der Waals surface area contributed by atoms with Gasteiger partial charge in [0, 0.05) is 17.5 Å². The molecule has 2 rings (SSSR count). The number of aryl methyl sites for hydroxylation is 1. The predicted octanol–water partition coefficient (Wildman–Crippen LogP) is 4.49. The summed E-state index contributed by atoms with van der Waals surface area (Å²) in [7, 11) is 0. The summed E-state index contributed by atoms with van der Waals surface area (Å²) in [5, 5.41) is 0.282. The third kappa shape index (κ3) is 3.02. The highest BCUT2D eigenvalue weighted by atomic mass is 35.5. The van der Waals surface area contributed by atoms with E-state index in [2.05, 4.69) is 0 Å². The van der Waals surface area contributed by atoms with Gasteiger partial charge in [0.25, 0.3) is 0 Å². The summed E-state index contributed by atoms with van der Waals surface area (Å²) in [6, 6.07) is 5.57. The van der Waals surface area contributed by atoms with Crippen LogP contribution in [0.2, 0.25) is 5.02 Å². The first kappa shape index (κ1) is 14.6. The average molecular weight is 299 g/mol. The second kappa shape index (κ2) is 5.67. The van der Waals surface area contributed by atoms with Crippen LogP contribution in [0.1, 0.15) is 21.5 Å². The van der Waals surface area contributed by atoms with Crippen LogP contribution in [0.15, 0.2) is 30.3 Å². The number of hydrogen-bond donors (Lipinski definition) is 0. The van der Waals surface area contributed by atoms with E-state index >= 15 is 0 Å². The first-order valence-electron chi connectivity index (χ1n) is 5.81. The average Bonchev–Trinajstić information content (AvgIpc) is 2.38. The summed E-state index contributed by atoms with van der Waals surface area (Å²) in [6.45, 7) is 1.42. The molecule has 0 heterocycles. The Labute approximate surface area is 119 Å². The Morgan fingerprint density at radius 2 is 1.75 bits per heavy atom. The third-order valence-corrected chi connectivity index (χ3v) is 3.14. The minimum absolute atomic E-state index is 0.0730. The van der Waals surface area contributed by atoms with E-state index in [-0.39, 0.29) is 28.1 Å². The van der Waals surface area contributed by atoms with Gasteiger partial charge < -0.3 is 0 Å². The van der Waals surface area contributed by atoms with Crippen molar-refractivity contribution in [3.63, 3.8) is 0 Å². The van der Waals surface area contributed by atoms with Crippen LogP contribution in [0, 0.1) is 24.4 Å². The molecule has 0 unspecified atom stereocenters. The number of carbonyl (C=O) groups is 1. The van der Waals surface area contributed by atoms with Crippen molar-refractivity contribution in [1.82, 2.24) is 0 Å².